The lowest BCUT2D eigenvalue weighted by atomic mass is 9.90. The molecule has 0 amide bonds. The highest BCUT2D eigenvalue weighted by atomic mass is 16.6. The Hall–Kier alpha value is -1.72. The minimum absolute atomic E-state index is 0.185. The van der Waals surface area contributed by atoms with Crippen LogP contribution < -0.4 is 0 Å². The summed E-state index contributed by atoms with van der Waals surface area (Å²) >= 11 is 0. The van der Waals surface area contributed by atoms with Crippen molar-refractivity contribution in [2.24, 2.45) is 23.7 Å². The van der Waals surface area contributed by atoms with Gasteiger partial charge >= 0.3 is 23.9 Å². The van der Waals surface area contributed by atoms with Gasteiger partial charge in [-0.25, -0.2) is 0 Å². The van der Waals surface area contributed by atoms with Gasteiger partial charge in [-0.1, -0.05) is 0 Å². The van der Waals surface area contributed by atoms with Crippen molar-refractivity contribution in [3.05, 3.63) is 0 Å². The summed E-state index contributed by atoms with van der Waals surface area (Å²) in [5, 5.41) is 0. The van der Waals surface area contributed by atoms with Gasteiger partial charge in [-0.2, -0.15) is 0 Å². The monoisotopic (exact) mass is 210 g/mol. The van der Waals surface area contributed by atoms with Crippen molar-refractivity contribution in [2.45, 2.75) is 6.42 Å². The van der Waals surface area contributed by atoms with Gasteiger partial charge < -0.3 is 9.47 Å². The molecule has 0 spiro atoms. The predicted octanol–water partition coefficient (Wildman–Crippen LogP) is -0.978. The number of ether oxygens (including phenoxy) is 2. The highest BCUT2D eigenvalue weighted by Gasteiger charge is 2.64. The van der Waals surface area contributed by atoms with Crippen molar-refractivity contribution in [1.82, 2.24) is 0 Å². The van der Waals surface area contributed by atoms with E-state index in [0.717, 1.165) is 0 Å². The third kappa shape index (κ3) is 0.886. The Labute approximate surface area is 83.5 Å². The first-order valence-electron chi connectivity index (χ1n) is 4.60. The van der Waals surface area contributed by atoms with E-state index in [9.17, 15) is 19.2 Å². The smallest absolute Gasteiger partial charge is 0.318 e. The molecule has 2 aliphatic heterocycles. The molecule has 6 nitrogen and oxygen atoms in total. The van der Waals surface area contributed by atoms with Gasteiger partial charge in [0.1, 0.15) is 0 Å². The van der Waals surface area contributed by atoms with E-state index < -0.39 is 47.5 Å². The van der Waals surface area contributed by atoms with Crippen LogP contribution in [-0.2, 0) is 28.7 Å². The van der Waals surface area contributed by atoms with E-state index in [1.807, 2.05) is 0 Å². The van der Waals surface area contributed by atoms with E-state index in [4.69, 9.17) is 0 Å². The summed E-state index contributed by atoms with van der Waals surface area (Å²) in [4.78, 5) is 45.0. The molecule has 3 unspecified atom stereocenters. The number of esters is 4. The first-order valence-corrected chi connectivity index (χ1v) is 4.60. The fraction of sp³-hybridized carbons (Fsp3) is 0.556. The van der Waals surface area contributed by atoms with Crippen molar-refractivity contribution >= 4 is 23.9 Å². The molecule has 1 aliphatic carbocycles. The molecule has 78 valence electrons. The Balaban J connectivity index is 2.03. The lowest BCUT2D eigenvalue weighted by Crippen LogP contribution is -2.24. The van der Waals surface area contributed by atoms with Gasteiger partial charge in [0.25, 0.3) is 0 Å². The maximum Gasteiger partial charge on any atom is 0.318 e. The summed E-state index contributed by atoms with van der Waals surface area (Å²) in [6.45, 7) is 0. The Morgan fingerprint density at radius 2 is 1.13 bits per heavy atom. The lowest BCUT2D eigenvalue weighted by Gasteiger charge is -2.06. The van der Waals surface area contributed by atoms with Crippen molar-refractivity contribution in [2.75, 3.05) is 0 Å². The summed E-state index contributed by atoms with van der Waals surface area (Å²) in [5.41, 5.74) is 0. The average Bonchev–Trinajstić information content (AvgIpc) is 2.72. The number of cyclic esters (lactones) is 4. The van der Waals surface area contributed by atoms with E-state index in [0.29, 0.717) is 0 Å². The van der Waals surface area contributed by atoms with E-state index in [-0.39, 0.29) is 6.42 Å². The van der Waals surface area contributed by atoms with Crippen molar-refractivity contribution < 1.29 is 28.7 Å². The molecule has 1 saturated carbocycles. The number of carbonyl (C=O) groups excluding carboxylic acids is 4. The molecule has 4 atom stereocenters. The molecule has 0 bridgehead atoms. The van der Waals surface area contributed by atoms with Gasteiger partial charge in [-0.15, -0.1) is 0 Å². The molecule has 2 heterocycles. The van der Waals surface area contributed by atoms with E-state index in [2.05, 4.69) is 9.47 Å². The van der Waals surface area contributed by atoms with Crippen LogP contribution in [0.2, 0.25) is 0 Å². The molecule has 6 heteroatoms. The highest BCUT2D eigenvalue weighted by Crippen LogP contribution is 2.49. The Kier molecular flexibility index (Phi) is 1.40. The van der Waals surface area contributed by atoms with Crippen LogP contribution in [0.25, 0.3) is 0 Å². The van der Waals surface area contributed by atoms with Crippen LogP contribution in [0, 0.1) is 23.7 Å². The molecule has 0 aromatic rings. The van der Waals surface area contributed by atoms with Crippen LogP contribution in [0.15, 0.2) is 0 Å². The molecule has 0 radical (unpaired) electrons. The van der Waals surface area contributed by atoms with Gasteiger partial charge in [0.2, 0.25) is 0 Å². The molecule has 15 heavy (non-hydrogen) atoms. The Morgan fingerprint density at radius 3 is 1.53 bits per heavy atom. The fourth-order valence-corrected chi connectivity index (χ4v) is 2.66. The molecule has 3 fully saturated rings. The summed E-state index contributed by atoms with van der Waals surface area (Å²) in [7, 11) is 0. The Morgan fingerprint density at radius 1 is 0.733 bits per heavy atom. The van der Waals surface area contributed by atoms with Gasteiger partial charge in [0.15, 0.2) is 0 Å². The summed E-state index contributed by atoms with van der Waals surface area (Å²) < 4.78 is 8.85. The summed E-state index contributed by atoms with van der Waals surface area (Å²) in [6.07, 6.45) is 0.185. The van der Waals surface area contributed by atoms with Crippen LogP contribution in [0.5, 0.6) is 0 Å². The second-order valence-corrected chi connectivity index (χ2v) is 3.98. The van der Waals surface area contributed by atoms with Crippen LogP contribution >= 0.6 is 0 Å². The molecule has 0 N–H and O–H groups in total. The van der Waals surface area contributed by atoms with Crippen LogP contribution in [0.4, 0.5) is 0 Å². The average molecular weight is 210 g/mol. The number of fused-ring (bicyclic) bond motifs is 3. The second-order valence-electron chi connectivity index (χ2n) is 3.98. The SMILES string of the molecule is O=C1OC(=O)C2C1C[C@@H]1C(=O)OC(=O)C21. The second kappa shape index (κ2) is 2.44. The minimum atomic E-state index is -0.804. The minimum Gasteiger partial charge on any atom is -0.393 e. The third-order valence-electron chi connectivity index (χ3n) is 3.31. The van der Waals surface area contributed by atoms with Crippen molar-refractivity contribution in [1.29, 1.82) is 0 Å². The van der Waals surface area contributed by atoms with Crippen LogP contribution in [-0.4, -0.2) is 23.9 Å². The Bertz CT molecular complexity index is 373. The molecule has 2 saturated heterocycles. The van der Waals surface area contributed by atoms with Gasteiger partial charge in [0.05, 0.1) is 23.7 Å². The molecule has 3 rings (SSSR count). The molecular formula is C9H6O6. The molecule has 0 aromatic carbocycles. The van der Waals surface area contributed by atoms with E-state index in [1.54, 1.807) is 0 Å². The first-order chi connectivity index (χ1) is 7.09. The molecular weight excluding hydrogens is 204 g/mol. The summed E-state index contributed by atoms with van der Waals surface area (Å²) in [6, 6.07) is 0. The van der Waals surface area contributed by atoms with Crippen LogP contribution in [0.1, 0.15) is 6.42 Å². The number of hydrogen-bond acceptors (Lipinski definition) is 6. The normalized spacial score (nSPS) is 42.7. The molecule has 0 aromatic heterocycles. The lowest BCUT2D eigenvalue weighted by molar-refractivity contribution is -0.158. The van der Waals surface area contributed by atoms with Gasteiger partial charge in [0, 0.05) is 0 Å². The fourth-order valence-electron chi connectivity index (χ4n) is 2.66. The molecule has 3 aliphatic rings. The van der Waals surface area contributed by atoms with Gasteiger partial charge in [-0.05, 0) is 6.42 Å². The zero-order valence-electron chi connectivity index (χ0n) is 7.47. The third-order valence-corrected chi connectivity index (χ3v) is 3.31. The summed E-state index contributed by atoms with van der Waals surface area (Å²) in [5.74, 6) is -5.54. The zero-order valence-corrected chi connectivity index (χ0v) is 7.47. The van der Waals surface area contributed by atoms with Crippen molar-refractivity contribution in [3.63, 3.8) is 0 Å². The number of carbonyl (C=O) groups is 4. The van der Waals surface area contributed by atoms with E-state index in [1.165, 1.54) is 0 Å². The topological polar surface area (TPSA) is 86.7 Å². The standard InChI is InChI=1S/C9H6O6/c10-6-2-1-3-5(4(2)8(12)14-6)9(13)15-7(3)11/h2-5H,1H2/t2-,3?,4?,5?/m0/s1. The maximum absolute atomic E-state index is 11.3. The zero-order chi connectivity index (χ0) is 10.7. The highest BCUT2D eigenvalue weighted by molar-refractivity contribution is 6.05. The predicted molar refractivity (Wildman–Crippen MR) is 40.8 cm³/mol. The number of rotatable bonds is 0. The largest absolute Gasteiger partial charge is 0.393 e. The van der Waals surface area contributed by atoms with Gasteiger partial charge in [-0.3, -0.25) is 19.2 Å². The van der Waals surface area contributed by atoms with E-state index >= 15 is 0 Å². The van der Waals surface area contributed by atoms with Crippen LogP contribution in [0.3, 0.4) is 0 Å². The number of hydrogen-bond donors (Lipinski definition) is 0. The first kappa shape index (κ1) is 8.58. The quantitative estimate of drug-likeness (QED) is 0.377. The maximum atomic E-state index is 11.3. The van der Waals surface area contributed by atoms with Crippen molar-refractivity contribution in [3.8, 4) is 0 Å².